The Balaban J connectivity index is 1.62. The third kappa shape index (κ3) is 12.6. The first-order valence-corrected chi connectivity index (χ1v) is 14.8. The lowest BCUT2D eigenvalue weighted by Crippen LogP contribution is -2.32. The van der Waals surface area contributed by atoms with Gasteiger partial charge in [0.2, 0.25) is 0 Å². The van der Waals surface area contributed by atoms with Crippen LogP contribution in [0.4, 0.5) is 0 Å². The molecule has 0 radical (unpaired) electrons. The van der Waals surface area contributed by atoms with Crippen molar-refractivity contribution in [2.75, 3.05) is 0 Å². The average Bonchev–Trinajstić information content (AvgIpc) is 3.22. The number of hydrogen-bond acceptors (Lipinski definition) is 5. The van der Waals surface area contributed by atoms with Crippen molar-refractivity contribution in [3.8, 4) is 5.75 Å². The molecule has 212 valence electrons. The molecule has 1 aliphatic rings. The fourth-order valence-electron chi connectivity index (χ4n) is 5.96. The van der Waals surface area contributed by atoms with Crippen LogP contribution in [0.15, 0.2) is 24.3 Å². The summed E-state index contributed by atoms with van der Waals surface area (Å²) in [6.07, 6.45) is 14.2. The van der Waals surface area contributed by atoms with Gasteiger partial charge in [-0.1, -0.05) is 76.8 Å². The molecule has 1 aliphatic carbocycles. The van der Waals surface area contributed by atoms with E-state index in [1.165, 1.54) is 25.7 Å². The van der Waals surface area contributed by atoms with Gasteiger partial charge in [0.25, 0.3) is 0 Å². The first kappa shape index (κ1) is 31.6. The van der Waals surface area contributed by atoms with Gasteiger partial charge >= 0.3 is 5.97 Å². The van der Waals surface area contributed by atoms with Gasteiger partial charge in [-0.25, -0.2) is 0 Å². The molecule has 5 unspecified atom stereocenters. The molecule has 0 spiro atoms. The van der Waals surface area contributed by atoms with E-state index in [4.69, 9.17) is 0 Å². The van der Waals surface area contributed by atoms with Gasteiger partial charge in [-0.15, -0.1) is 0 Å². The lowest BCUT2D eigenvalue weighted by molar-refractivity contribution is -0.146. The SMILES string of the molecule is CCCCCCCC(O)CCCCCCC(C(=O)O)C(O)CCC1(O)CCC(Cc2cccc(O)c2)C1. The molecule has 37 heavy (non-hydrogen) atoms. The first-order chi connectivity index (χ1) is 17.7. The van der Waals surface area contributed by atoms with Crippen LogP contribution in [-0.4, -0.2) is 49.3 Å². The molecule has 5 atom stereocenters. The number of aromatic hydroxyl groups is 1. The van der Waals surface area contributed by atoms with E-state index in [2.05, 4.69) is 6.92 Å². The molecular formula is C31H52O6. The molecule has 1 aromatic carbocycles. The van der Waals surface area contributed by atoms with Crippen LogP contribution in [0.1, 0.15) is 122 Å². The molecule has 2 rings (SSSR count). The van der Waals surface area contributed by atoms with Crippen LogP contribution < -0.4 is 0 Å². The first-order valence-electron chi connectivity index (χ1n) is 14.8. The van der Waals surface area contributed by atoms with Crippen LogP contribution in [0, 0.1) is 11.8 Å². The van der Waals surface area contributed by atoms with Gasteiger partial charge in [-0.05, 0) is 81.4 Å². The normalized spacial score (nSPS) is 22.1. The van der Waals surface area contributed by atoms with E-state index < -0.39 is 23.6 Å². The summed E-state index contributed by atoms with van der Waals surface area (Å²) in [4.78, 5) is 11.8. The molecule has 1 saturated carbocycles. The van der Waals surface area contributed by atoms with Crippen molar-refractivity contribution in [1.82, 2.24) is 0 Å². The largest absolute Gasteiger partial charge is 0.508 e. The Morgan fingerprint density at radius 3 is 2.24 bits per heavy atom. The summed E-state index contributed by atoms with van der Waals surface area (Å²) in [6.45, 7) is 2.20. The van der Waals surface area contributed by atoms with Crippen LogP contribution in [0.5, 0.6) is 5.75 Å². The zero-order valence-corrected chi connectivity index (χ0v) is 23.0. The fraction of sp³-hybridized carbons (Fsp3) is 0.774. The molecule has 0 aromatic heterocycles. The van der Waals surface area contributed by atoms with Crippen LogP contribution in [0.3, 0.4) is 0 Å². The number of rotatable bonds is 20. The van der Waals surface area contributed by atoms with Crippen LogP contribution in [0.2, 0.25) is 0 Å². The van der Waals surface area contributed by atoms with Crippen molar-refractivity contribution in [3.63, 3.8) is 0 Å². The standard InChI is InChI=1S/C31H52O6/c1-2-3-4-5-8-13-26(32)14-9-6-7-10-16-28(30(35)36)29(34)18-20-31(37)19-17-25(23-31)21-24-12-11-15-27(33)22-24/h11-12,15,22,25-26,28-29,32-34,37H,2-10,13-14,16-21,23H2,1H3,(H,35,36). The van der Waals surface area contributed by atoms with Crippen LogP contribution in [0.25, 0.3) is 0 Å². The number of aliphatic hydroxyl groups excluding tert-OH is 2. The number of carboxylic acids is 1. The van der Waals surface area contributed by atoms with Gasteiger partial charge in [0.1, 0.15) is 5.75 Å². The molecule has 6 nitrogen and oxygen atoms in total. The number of carbonyl (C=O) groups is 1. The maximum Gasteiger partial charge on any atom is 0.309 e. The Morgan fingerprint density at radius 2 is 1.62 bits per heavy atom. The topological polar surface area (TPSA) is 118 Å². The number of benzene rings is 1. The number of aliphatic carboxylic acids is 1. The predicted octanol–water partition coefficient (Wildman–Crippen LogP) is 6.37. The van der Waals surface area contributed by atoms with Crippen molar-refractivity contribution in [2.24, 2.45) is 11.8 Å². The maximum absolute atomic E-state index is 11.8. The zero-order valence-electron chi connectivity index (χ0n) is 23.0. The highest BCUT2D eigenvalue weighted by Crippen LogP contribution is 2.40. The van der Waals surface area contributed by atoms with E-state index in [0.717, 1.165) is 63.4 Å². The third-order valence-electron chi connectivity index (χ3n) is 8.25. The Kier molecular flexibility index (Phi) is 14.6. The molecule has 6 heteroatoms. The smallest absolute Gasteiger partial charge is 0.309 e. The van der Waals surface area contributed by atoms with Gasteiger partial charge in [-0.2, -0.15) is 0 Å². The zero-order chi connectivity index (χ0) is 27.1. The van der Waals surface area contributed by atoms with Crippen LogP contribution in [-0.2, 0) is 11.2 Å². The van der Waals surface area contributed by atoms with E-state index in [0.29, 0.717) is 31.6 Å². The summed E-state index contributed by atoms with van der Waals surface area (Å²) in [5.74, 6) is -1.20. The number of phenols is 1. The monoisotopic (exact) mass is 520 g/mol. The molecular weight excluding hydrogens is 468 g/mol. The van der Waals surface area contributed by atoms with Gasteiger partial charge < -0.3 is 25.5 Å². The van der Waals surface area contributed by atoms with Crippen molar-refractivity contribution < 1.29 is 30.3 Å². The van der Waals surface area contributed by atoms with Gasteiger partial charge in [0.15, 0.2) is 0 Å². The average molecular weight is 521 g/mol. The summed E-state index contributed by atoms with van der Waals surface area (Å²) in [5.41, 5.74) is 0.194. The van der Waals surface area contributed by atoms with Crippen molar-refractivity contribution in [3.05, 3.63) is 29.8 Å². The Labute approximate surface area is 224 Å². The van der Waals surface area contributed by atoms with E-state index in [-0.39, 0.29) is 18.3 Å². The number of unbranched alkanes of at least 4 members (excludes halogenated alkanes) is 7. The Hall–Kier alpha value is -1.63. The van der Waals surface area contributed by atoms with Crippen LogP contribution >= 0.6 is 0 Å². The molecule has 0 aliphatic heterocycles. The maximum atomic E-state index is 11.8. The lowest BCUT2D eigenvalue weighted by atomic mass is 9.86. The summed E-state index contributed by atoms with van der Waals surface area (Å²) >= 11 is 0. The molecule has 1 fully saturated rings. The Bertz CT molecular complexity index is 768. The van der Waals surface area contributed by atoms with Gasteiger partial charge in [-0.3, -0.25) is 4.79 Å². The summed E-state index contributed by atoms with van der Waals surface area (Å²) in [6, 6.07) is 7.22. The second kappa shape index (κ2) is 17.1. The van der Waals surface area contributed by atoms with E-state index in [1.807, 2.05) is 12.1 Å². The minimum Gasteiger partial charge on any atom is -0.508 e. The molecule has 1 aromatic rings. The number of phenolic OH excluding ortho intramolecular Hbond substituents is 1. The van der Waals surface area contributed by atoms with Crippen molar-refractivity contribution >= 4 is 5.97 Å². The van der Waals surface area contributed by atoms with Crippen molar-refractivity contribution in [1.29, 1.82) is 0 Å². The Morgan fingerprint density at radius 1 is 0.973 bits per heavy atom. The second-order valence-corrected chi connectivity index (χ2v) is 11.6. The molecule has 5 N–H and O–H groups in total. The van der Waals surface area contributed by atoms with E-state index in [9.17, 15) is 30.3 Å². The summed E-state index contributed by atoms with van der Waals surface area (Å²) in [5, 5.41) is 51.2. The third-order valence-corrected chi connectivity index (χ3v) is 8.25. The predicted molar refractivity (Wildman–Crippen MR) is 148 cm³/mol. The van der Waals surface area contributed by atoms with E-state index in [1.54, 1.807) is 12.1 Å². The molecule has 0 amide bonds. The molecule has 0 heterocycles. The summed E-state index contributed by atoms with van der Waals surface area (Å²) in [7, 11) is 0. The highest BCUT2D eigenvalue weighted by atomic mass is 16.4. The van der Waals surface area contributed by atoms with E-state index >= 15 is 0 Å². The molecule has 0 bridgehead atoms. The minimum absolute atomic E-state index is 0.226. The summed E-state index contributed by atoms with van der Waals surface area (Å²) < 4.78 is 0. The number of carboxylic acid groups (broad SMARTS) is 1. The minimum atomic E-state index is -0.967. The lowest BCUT2D eigenvalue weighted by Gasteiger charge is -2.26. The number of hydrogen-bond donors (Lipinski definition) is 5. The number of aliphatic hydroxyl groups is 3. The quantitative estimate of drug-likeness (QED) is 0.128. The fourth-order valence-corrected chi connectivity index (χ4v) is 5.96. The highest BCUT2D eigenvalue weighted by Gasteiger charge is 2.38. The van der Waals surface area contributed by atoms with Gasteiger partial charge in [0.05, 0.1) is 23.7 Å². The molecule has 0 saturated heterocycles. The van der Waals surface area contributed by atoms with Crippen molar-refractivity contribution in [2.45, 2.75) is 140 Å². The van der Waals surface area contributed by atoms with Gasteiger partial charge in [0, 0.05) is 0 Å². The highest BCUT2D eigenvalue weighted by molar-refractivity contribution is 5.70. The second-order valence-electron chi connectivity index (χ2n) is 11.6.